The van der Waals surface area contributed by atoms with Crippen LogP contribution in [0, 0.1) is 0 Å². The number of nitrogens with one attached hydrogen (secondary N) is 1. The molecule has 0 radical (unpaired) electrons. The SMILES string of the molecule is CO[C@@H]1[C@H](C)O[C@H](c2c(N)cnn2C)CC[C@H]1NC(=O)O. The molecule has 8 nitrogen and oxygen atoms in total. The molecule has 1 fully saturated rings. The molecule has 0 unspecified atom stereocenters. The van der Waals surface area contributed by atoms with Gasteiger partial charge in [0.1, 0.15) is 12.2 Å². The summed E-state index contributed by atoms with van der Waals surface area (Å²) in [7, 11) is 3.37. The van der Waals surface area contributed by atoms with Gasteiger partial charge in [-0.25, -0.2) is 4.79 Å². The summed E-state index contributed by atoms with van der Waals surface area (Å²) in [5.41, 5.74) is 7.34. The van der Waals surface area contributed by atoms with Crippen molar-refractivity contribution in [3.05, 3.63) is 11.9 Å². The van der Waals surface area contributed by atoms with Gasteiger partial charge in [0.05, 0.1) is 29.7 Å². The highest BCUT2D eigenvalue weighted by molar-refractivity contribution is 5.65. The molecule has 4 N–H and O–H groups in total. The van der Waals surface area contributed by atoms with Crippen LogP contribution in [0.3, 0.4) is 0 Å². The van der Waals surface area contributed by atoms with E-state index in [1.165, 1.54) is 0 Å². The van der Waals surface area contributed by atoms with Gasteiger partial charge in [-0.2, -0.15) is 5.10 Å². The Morgan fingerprint density at radius 3 is 2.86 bits per heavy atom. The maximum atomic E-state index is 10.9. The number of nitrogen functional groups attached to an aromatic ring is 1. The van der Waals surface area contributed by atoms with Gasteiger partial charge in [0, 0.05) is 14.2 Å². The van der Waals surface area contributed by atoms with Crippen LogP contribution >= 0.6 is 0 Å². The van der Waals surface area contributed by atoms with Crippen LogP contribution in [0.15, 0.2) is 6.20 Å². The molecule has 1 amide bonds. The molecule has 1 aliphatic heterocycles. The van der Waals surface area contributed by atoms with Crippen molar-refractivity contribution < 1.29 is 19.4 Å². The average molecular weight is 298 g/mol. The number of nitrogens with zero attached hydrogens (tertiary/aromatic N) is 2. The molecule has 0 aliphatic carbocycles. The fraction of sp³-hybridized carbons (Fsp3) is 0.692. The molecule has 1 aromatic heterocycles. The normalized spacial score (nSPS) is 29.9. The number of aromatic nitrogens is 2. The number of carbonyl (C=O) groups is 1. The number of carboxylic acid groups (broad SMARTS) is 1. The number of hydrogen-bond donors (Lipinski definition) is 3. The number of amides is 1. The molecule has 0 bridgehead atoms. The van der Waals surface area contributed by atoms with Crippen molar-refractivity contribution in [1.82, 2.24) is 15.1 Å². The zero-order valence-electron chi connectivity index (χ0n) is 12.4. The molecule has 0 aromatic carbocycles. The lowest BCUT2D eigenvalue weighted by Gasteiger charge is -2.28. The third-order valence-corrected chi connectivity index (χ3v) is 3.88. The molecule has 1 aromatic rings. The molecule has 1 aliphatic rings. The Morgan fingerprint density at radius 2 is 2.33 bits per heavy atom. The Kier molecular flexibility index (Phi) is 4.69. The largest absolute Gasteiger partial charge is 0.465 e. The molecular weight excluding hydrogens is 276 g/mol. The minimum absolute atomic E-state index is 0.231. The average Bonchev–Trinajstić information content (AvgIpc) is 2.65. The molecule has 4 atom stereocenters. The minimum atomic E-state index is -1.06. The lowest BCUT2D eigenvalue weighted by atomic mass is 10.0. The number of nitrogens with two attached hydrogens (primary N) is 1. The van der Waals surface area contributed by atoms with E-state index in [1.54, 1.807) is 18.0 Å². The van der Waals surface area contributed by atoms with Gasteiger partial charge in [-0.1, -0.05) is 0 Å². The van der Waals surface area contributed by atoms with Gasteiger partial charge < -0.3 is 25.6 Å². The maximum Gasteiger partial charge on any atom is 0.404 e. The number of rotatable bonds is 3. The van der Waals surface area contributed by atoms with Crippen LogP contribution in [0.2, 0.25) is 0 Å². The van der Waals surface area contributed by atoms with E-state index in [1.807, 2.05) is 14.0 Å². The van der Waals surface area contributed by atoms with Gasteiger partial charge in [-0.15, -0.1) is 0 Å². The van der Waals surface area contributed by atoms with E-state index in [0.717, 1.165) is 5.69 Å². The zero-order valence-corrected chi connectivity index (χ0v) is 12.4. The first-order chi connectivity index (χ1) is 9.93. The van der Waals surface area contributed by atoms with E-state index in [0.29, 0.717) is 18.5 Å². The Bertz CT molecular complexity index is 485. The Labute approximate surface area is 123 Å². The standard InChI is InChI=1S/C13H22N4O4/c1-7-12(20-3)9(16-13(18)19)4-5-10(21-7)11-8(14)6-15-17(11)2/h6-7,9-10,12,16H,4-5,14H2,1-3H3,(H,18,19)/t7-,9+,10-,12+/m0/s1. The van der Waals surface area contributed by atoms with E-state index < -0.39 is 6.09 Å². The minimum Gasteiger partial charge on any atom is -0.465 e. The third-order valence-electron chi connectivity index (χ3n) is 3.88. The van der Waals surface area contributed by atoms with E-state index >= 15 is 0 Å². The second-order valence-corrected chi connectivity index (χ2v) is 5.27. The first kappa shape index (κ1) is 15.6. The number of ether oxygens (including phenoxy) is 2. The maximum absolute atomic E-state index is 10.9. The summed E-state index contributed by atoms with van der Waals surface area (Å²) in [6.07, 6.45) is 0.922. The summed E-state index contributed by atoms with van der Waals surface area (Å²) >= 11 is 0. The summed E-state index contributed by atoms with van der Waals surface area (Å²) in [6.45, 7) is 1.87. The van der Waals surface area contributed by atoms with Gasteiger partial charge in [0.15, 0.2) is 0 Å². The third kappa shape index (κ3) is 3.27. The topological polar surface area (TPSA) is 112 Å². The van der Waals surface area contributed by atoms with Crippen LogP contribution in [0.4, 0.5) is 10.5 Å². The van der Waals surface area contributed by atoms with Crippen molar-refractivity contribution in [1.29, 1.82) is 0 Å². The molecule has 2 heterocycles. The van der Waals surface area contributed by atoms with Gasteiger partial charge in [0.2, 0.25) is 0 Å². The van der Waals surface area contributed by atoms with Crippen LogP contribution in [0.25, 0.3) is 0 Å². The van der Waals surface area contributed by atoms with Crippen LogP contribution in [0.1, 0.15) is 31.6 Å². The predicted molar refractivity (Wildman–Crippen MR) is 75.9 cm³/mol. The first-order valence-electron chi connectivity index (χ1n) is 6.89. The number of methoxy groups -OCH3 is 1. The summed E-state index contributed by atoms with van der Waals surface area (Å²) in [6, 6.07) is -0.318. The molecule has 1 saturated heterocycles. The predicted octanol–water partition coefficient (Wildman–Crippen LogP) is 0.894. The summed E-state index contributed by atoms with van der Waals surface area (Å²) in [5, 5.41) is 15.6. The summed E-state index contributed by atoms with van der Waals surface area (Å²) in [4.78, 5) is 10.9. The van der Waals surface area contributed by atoms with Crippen molar-refractivity contribution in [2.24, 2.45) is 7.05 Å². The molecule has 0 spiro atoms. The number of aryl methyl sites for hydroxylation is 1. The molecule has 118 valence electrons. The van der Waals surface area contributed by atoms with Crippen LogP contribution in [0.5, 0.6) is 0 Å². The summed E-state index contributed by atoms with van der Waals surface area (Å²) < 4.78 is 13.1. The molecule has 21 heavy (non-hydrogen) atoms. The van der Waals surface area contributed by atoms with Gasteiger partial charge in [0.25, 0.3) is 0 Å². The fourth-order valence-electron chi connectivity index (χ4n) is 2.96. The fourth-order valence-corrected chi connectivity index (χ4v) is 2.96. The number of hydrogen-bond acceptors (Lipinski definition) is 5. The van der Waals surface area contributed by atoms with Crippen molar-refractivity contribution in [2.45, 2.75) is 44.1 Å². The van der Waals surface area contributed by atoms with E-state index in [2.05, 4.69) is 10.4 Å². The van der Waals surface area contributed by atoms with Crippen molar-refractivity contribution >= 4 is 11.8 Å². The van der Waals surface area contributed by atoms with Crippen LogP contribution in [-0.4, -0.2) is 46.3 Å². The van der Waals surface area contributed by atoms with Crippen molar-refractivity contribution in [3.8, 4) is 0 Å². The smallest absolute Gasteiger partial charge is 0.404 e. The highest BCUT2D eigenvalue weighted by Crippen LogP contribution is 2.33. The van der Waals surface area contributed by atoms with Gasteiger partial charge in [-0.05, 0) is 19.8 Å². The van der Waals surface area contributed by atoms with Crippen LogP contribution < -0.4 is 11.1 Å². The quantitative estimate of drug-likeness (QED) is 0.764. The molecule has 0 saturated carbocycles. The highest BCUT2D eigenvalue weighted by atomic mass is 16.5. The molecule has 8 heteroatoms. The summed E-state index contributed by atoms with van der Waals surface area (Å²) in [5.74, 6) is 0. The number of anilines is 1. The van der Waals surface area contributed by atoms with Gasteiger partial charge in [-0.3, -0.25) is 4.68 Å². The lowest BCUT2D eigenvalue weighted by molar-refractivity contribution is -0.0782. The monoisotopic (exact) mass is 298 g/mol. The van der Waals surface area contributed by atoms with E-state index in [-0.39, 0.29) is 24.4 Å². The van der Waals surface area contributed by atoms with E-state index in [9.17, 15) is 4.79 Å². The van der Waals surface area contributed by atoms with Crippen molar-refractivity contribution in [2.75, 3.05) is 12.8 Å². The lowest BCUT2D eigenvalue weighted by Crippen LogP contribution is -2.47. The Morgan fingerprint density at radius 1 is 1.62 bits per heavy atom. The molecule has 2 rings (SSSR count). The molecular formula is C13H22N4O4. The van der Waals surface area contributed by atoms with Crippen molar-refractivity contribution in [3.63, 3.8) is 0 Å². The Balaban J connectivity index is 2.21. The van der Waals surface area contributed by atoms with Crippen LogP contribution in [-0.2, 0) is 16.5 Å². The van der Waals surface area contributed by atoms with E-state index in [4.69, 9.17) is 20.3 Å². The second-order valence-electron chi connectivity index (χ2n) is 5.27. The van der Waals surface area contributed by atoms with Gasteiger partial charge >= 0.3 is 6.09 Å². The zero-order chi connectivity index (χ0) is 15.6. The highest BCUT2D eigenvalue weighted by Gasteiger charge is 2.36. The second kappa shape index (κ2) is 6.31. The first-order valence-corrected chi connectivity index (χ1v) is 6.89. The Hall–Kier alpha value is -1.80.